The molecule has 128 valence electrons. The van der Waals surface area contributed by atoms with Crippen molar-refractivity contribution in [3.63, 3.8) is 0 Å². The minimum atomic E-state index is -3.99. The molecule has 0 bridgehead atoms. The van der Waals surface area contributed by atoms with E-state index < -0.39 is 15.8 Å². The highest BCUT2D eigenvalue weighted by atomic mass is 32.2. The van der Waals surface area contributed by atoms with Gasteiger partial charge in [-0.3, -0.25) is 9.52 Å². The van der Waals surface area contributed by atoms with Crippen LogP contribution in [0.3, 0.4) is 0 Å². The summed E-state index contributed by atoms with van der Waals surface area (Å²) >= 11 is 0. The number of nitrogens with one attached hydrogen (secondary N) is 2. The van der Waals surface area contributed by atoms with E-state index in [0.29, 0.717) is 6.54 Å². The van der Waals surface area contributed by atoms with Crippen LogP contribution in [-0.4, -0.2) is 20.9 Å². The molecule has 0 radical (unpaired) electrons. The fourth-order valence-corrected chi connectivity index (χ4v) is 3.15. The molecule has 2 aromatic rings. The minimum Gasteiger partial charge on any atom is -0.352 e. The van der Waals surface area contributed by atoms with Crippen molar-refractivity contribution in [2.75, 3.05) is 11.3 Å². The first-order valence-electron chi connectivity index (χ1n) is 7.59. The molecule has 0 saturated carbocycles. The zero-order valence-corrected chi connectivity index (χ0v) is 14.1. The standard InChI is InChI=1S/C17H19FN2O3S/c1-2-3-11-19-17(21)13-7-6-8-14(12-13)24(22,23)20-16-10-5-4-9-15(16)18/h4-10,12,20H,2-3,11H2,1H3,(H,19,21). The van der Waals surface area contributed by atoms with Crippen LogP contribution in [0, 0.1) is 5.82 Å². The molecule has 5 nitrogen and oxygen atoms in total. The number of para-hydroxylation sites is 1. The maximum Gasteiger partial charge on any atom is 0.262 e. The van der Waals surface area contributed by atoms with Gasteiger partial charge in [0.15, 0.2) is 0 Å². The topological polar surface area (TPSA) is 75.3 Å². The summed E-state index contributed by atoms with van der Waals surface area (Å²) in [7, 11) is -3.99. The number of benzene rings is 2. The second-order valence-electron chi connectivity index (χ2n) is 5.22. The summed E-state index contributed by atoms with van der Waals surface area (Å²) in [6, 6.07) is 11.1. The molecule has 0 heterocycles. The molecule has 0 aromatic heterocycles. The van der Waals surface area contributed by atoms with Gasteiger partial charge in [-0.25, -0.2) is 12.8 Å². The monoisotopic (exact) mass is 350 g/mol. The Morgan fingerprint density at radius 1 is 1.12 bits per heavy atom. The van der Waals surface area contributed by atoms with E-state index in [4.69, 9.17) is 0 Å². The summed E-state index contributed by atoms with van der Waals surface area (Å²) in [4.78, 5) is 11.9. The highest BCUT2D eigenvalue weighted by Crippen LogP contribution is 2.19. The number of hydrogen-bond donors (Lipinski definition) is 2. The molecule has 0 aliphatic carbocycles. The molecular formula is C17H19FN2O3S. The molecule has 24 heavy (non-hydrogen) atoms. The van der Waals surface area contributed by atoms with Gasteiger partial charge in [-0.15, -0.1) is 0 Å². The molecular weight excluding hydrogens is 331 g/mol. The number of anilines is 1. The van der Waals surface area contributed by atoms with E-state index in [1.54, 1.807) is 0 Å². The molecule has 0 fully saturated rings. The van der Waals surface area contributed by atoms with Crippen LogP contribution in [0.5, 0.6) is 0 Å². The van der Waals surface area contributed by atoms with Crippen molar-refractivity contribution in [1.82, 2.24) is 5.32 Å². The predicted molar refractivity (Wildman–Crippen MR) is 90.9 cm³/mol. The number of rotatable bonds is 7. The lowest BCUT2D eigenvalue weighted by Crippen LogP contribution is -2.24. The van der Waals surface area contributed by atoms with Crippen molar-refractivity contribution < 1.29 is 17.6 Å². The van der Waals surface area contributed by atoms with Gasteiger partial charge in [0.1, 0.15) is 5.82 Å². The molecule has 7 heteroatoms. The van der Waals surface area contributed by atoms with Crippen molar-refractivity contribution in [3.8, 4) is 0 Å². The molecule has 0 aliphatic rings. The van der Waals surface area contributed by atoms with Gasteiger partial charge in [0.05, 0.1) is 10.6 Å². The van der Waals surface area contributed by atoms with E-state index in [9.17, 15) is 17.6 Å². The van der Waals surface area contributed by atoms with Crippen LogP contribution in [0.15, 0.2) is 53.4 Å². The number of unbranched alkanes of at least 4 members (excludes halogenated alkanes) is 1. The van der Waals surface area contributed by atoms with E-state index in [-0.39, 0.29) is 22.1 Å². The Labute approximate surface area is 141 Å². The molecule has 2 N–H and O–H groups in total. The number of sulfonamides is 1. The van der Waals surface area contributed by atoms with Crippen LogP contribution in [-0.2, 0) is 10.0 Å². The first-order valence-corrected chi connectivity index (χ1v) is 9.08. The van der Waals surface area contributed by atoms with E-state index in [0.717, 1.165) is 18.9 Å². The molecule has 1 amide bonds. The van der Waals surface area contributed by atoms with Crippen LogP contribution < -0.4 is 10.0 Å². The Balaban J connectivity index is 2.20. The quantitative estimate of drug-likeness (QED) is 0.753. The molecule has 0 aliphatic heterocycles. The van der Waals surface area contributed by atoms with Crippen LogP contribution in [0.4, 0.5) is 10.1 Å². The van der Waals surface area contributed by atoms with Crippen LogP contribution in [0.1, 0.15) is 30.1 Å². The molecule has 0 saturated heterocycles. The lowest BCUT2D eigenvalue weighted by Gasteiger charge is -2.10. The molecule has 0 spiro atoms. The van der Waals surface area contributed by atoms with Crippen molar-refractivity contribution >= 4 is 21.6 Å². The largest absolute Gasteiger partial charge is 0.352 e. The molecule has 2 aromatic carbocycles. The Hall–Kier alpha value is -2.41. The first-order chi connectivity index (χ1) is 11.4. The average Bonchev–Trinajstić information content (AvgIpc) is 2.57. The summed E-state index contributed by atoms with van der Waals surface area (Å²) in [5, 5.41) is 2.72. The second-order valence-corrected chi connectivity index (χ2v) is 6.91. The van der Waals surface area contributed by atoms with Gasteiger partial charge in [0, 0.05) is 12.1 Å². The average molecular weight is 350 g/mol. The molecule has 0 unspecified atom stereocenters. The summed E-state index contributed by atoms with van der Waals surface area (Å²) in [6.07, 6.45) is 1.79. The number of carbonyl (C=O) groups is 1. The van der Waals surface area contributed by atoms with Gasteiger partial charge in [-0.2, -0.15) is 0 Å². The Morgan fingerprint density at radius 3 is 2.58 bits per heavy atom. The third-order valence-corrected chi connectivity index (χ3v) is 4.70. The second kappa shape index (κ2) is 7.92. The van der Waals surface area contributed by atoms with Gasteiger partial charge in [0.25, 0.3) is 15.9 Å². The van der Waals surface area contributed by atoms with Crippen molar-refractivity contribution in [1.29, 1.82) is 0 Å². The normalized spacial score (nSPS) is 11.1. The number of carbonyl (C=O) groups excluding carboxylic acids is 1. The third-order valence-electron chi connectivity index (χ3n) is 3.34. The van der Waals surface area contributed by atoms with E-state index >= 15 is 0 Å². The first kappa shape index (κ1) is 17.9. The van der Waals surface area contributed by atoms with Gasteiger partial charge in [0.2, 0.25) is 0 Å². The summed E-state index contributed by atoms with van der Waals surface area (Å²) in [6.45, 7) is 2.54. The fraction of sp³-hybridized carbons (Fsp3) is 0.235. The van der Waals surface area contributed by atoms with Crippen molar-refractivity contribution in [2.24, 2.45) is 0 Å². The Morgan fingerprint density at radius 2 is 1.88 bits per heavy atom. The number of halogens is 1. The minimum absolute atomic E-state index is 0.103. The van der Waals surface area contributed by atoms with Crippen molar-refractivity contribution in [3.05, 3.63) is 59.9 Å². The Kier molecular flexibility index (Phi) is 5.92. The third kappa shape index (κ3) is 4.55. The van der Waals surface area contributed by atoms with Crippen LogP contribution in [0.25, 0.3) is 0 Å². The zero-order valence-electron chi connectivity index (χ0n) is 13.3. The van der Waals surface area contributed by atoms with Gasteiger partial charge in [-0.1, -0.05) is 31.5 Å². The lowest BCUT2D eigenvalue weighted by molar-refractivity contribution is 0.0953. The smallest absolute Gasteiger partial charge is 0.262 e. The highest BCUT2D eigenvalue weighted by Gasteiger charge is 2.17. The van der Waals surface area contributed by atoms with Crippen LogP contribution in [0.2, 0.25) is 0 Å². The van der Waals surface area contributed by atoms with Crippen LogP contribution >= 0.6 is 0 Å². The van der Waals surface area contributed by atoms with E-state index in [1.807, 2.05) is 6.92 Å². The molecule has 2 rings (SSSR count). The Bertz CT molecular complexity index is 822. The summed E-state index contributed by atoms with van der Waals surface area (Å²) < 4.78 is 40.6. The van der Waals surface area contributed by atoms with Gasteiger partial charge >= 0.3 is 0 Å². The van der Waals surface area contributed by atoms with E-state index in [1.165, 1.54) is 42.5 Å². The number of amides is 1. The highest BCUT2D eigenvalue weighted by molar-refractivity contribution is 7.92. The fourth-order valence-electron chi connectivity index (χ4n) is 2.03. The lowest BCUT2D eigenvalue weighted by atomic mass is 10.2. The summed E-state index contributed by atoms with van der Waals surface area (Å²) in [5.41, 5.74) is 0.0952. The molecule has 0 atom stereocenters. The van der Waals surface area contributed by atoms with E-state index in [2.05, 4.69) is 10.0 Å². The SMILES string of the molecule is CCCCNC(=O)c1cccc(S(=O)(=O)Nc2ccccc2F)c1. The maximum absolute atomic E-state index is 13.6. The summed E-state index contributed by atoms with van der Waals surface area (Å²) in [5.74, 6) is -1.01. The predicted octanol–water partition coefficient (Wildman–Crippen LogP) is 3.16. The number of hydrogen-bond acceptors (Lipinski definition) is 3. The zero-order chi connectivity index (χ0) is 17.6. The van der Waals surface area contributed by atoms with Crippen molar-refractivity contribution in [2.45, 2.75) is 24.7 Å². The maximum atomic E-state index is 13.6. The van der Waals surface area contributed by atoms with Gasteiger partial charge in [-0.05, 0) is 36.8 Å². The van der Waals surface area contributed by atoms with Gasteiger partial charge < -0.3 is 5.32 Å².